The van der Waals surface area contributed by atoms with Crippen molar-refractivity contribution in [3.8, 4) is 0 Å². The lowest BCUT2D eigenvalue weighted by atomic mass is 10.2. The van der Waals surface area contributed by atoms with E-state index in [0.29, 0.717) is 0 Å². The van der Waals surface area contributed by atoms with Crippen LogP contribution in [0.15, 0.2) is 24.5 Å². The van der Waals surface area contributed by atoms with E-state index in [0.717, 1.165) is 24.6 Å². The molecule has 0 radical (unpaired) electrons. The maximum atomic E-state index is 4.48. The molecule has 4 nitrogen and oxygen atoms in total. The smallest absolute Gasteiger partial charge is 0.157 e. The Labute approximate surface area is 75.8 Å². The second-order valence-electron chi connectivity index (χ2n) is 3.26. The van der Waals surface area contributed by atoms with E-state index in [1.165, 1.54) is 6.42 Å². The molecular formula is C9H10N4. The molecular weight excluding hydrogens is 164 g/mol. The average molecular weight is 174 g/mol. The number of rotatable bonds is 1. The highest BCUT2D eigenvalue weighted by Crippen LogP contribution is 2.17. The van der Waals surface area contributed by atoms with Crippen LogP contribution in [0, 0.1) is 0 Å². The second-order valence-corrected chi connectivity index (χ2v) is 3.26. The van der Waals surface area contributed by atoms with Gasteiger partial charge in [0.2, 0.25) is 0 Å². The first-order chi connectivity index (χ1) is 6.43. The van der Waals surface area contributed by atoms with Gasteiger partial charge >= 0.3 is 0 Å². The van der Waals surface area contributed by atoms with Crippen molar-refractivity contribution in [1.29, 1.82) is 0 Å². The quantitative estimate of drug-likeness (QED) is 0.645. The Morgan fingerprint density at radius 1 is 1.23 bits per heavy atom. The van der Waals surface area contributed by atoms with Crippen molar-refractivity contribution in [2.24, 2.45) is 0 Å². The number of hydrogen-bond donors (Lipinski definition) is 0. The molecule has 4 heteroatoms. The summed E-state index contributed by atoms with van der Waals surface area (Å²) in [6, 6.07) is 3.93. The molecule has 0 unspecified atom stereocenters. The number of fused-ring (bicyclic) bond motifs is 1. The fraction of sp³-hybridized carbons (Fsp3) is 0.333. The van der Waals surface area contributed by atoms with Crippen molar-refractivity contribution in [1.82, 2.24) is 14.6 Å². The summed E-state index contributed by atoms with van der Waals surface area (Å²) < 4.78 is 1.78. The fourth-order valence-electron chi connectivity index (χ4n) is 1.52. The summed E-state index contributed by atoms with van der Waals surface area (Å²) in [5.41, 5.74) is 0.921. The maximum absolute atomic E-state index is 4.48. The van der Waals surface area contributed by atoms with Gasteiger partial charge in [-0.3, -0.25) is 0 Å². The van der Waals surface area contributed by atoms with Crippen LogP contribution >= 0.6 is 0 Å². The molecule has 0 amide bonds. The van der Waals surface area contributed by atoms with Gasteiger partial charge in [-0.15, -0.1) is 0 Å². The molecule has 1 saturated heterocycles. The Hall–Kier alpha value is -1.58. The molecule has 1 fully saturated rings. The molecule has 0 aliphatic carbocycles. The highest BCUT2D eigenvalue weighted by Gasteiger charge is 2.15. The van der Waals surface area contributed by atoms with Crippen LogP contribution in [0.1, 0.15) is 6.42 Å². The topological polar surface area (TPSA) is 33.4 Å². The fourth-order valence-corrected chi connectivity index (χ4v) is 1.52. The Balaban J connectivity index is 2.09. The molecule has 0 N–H and O–H groups in total. The molecule has 1 aliphatic rings. The molecule has 0 atom stereocenters. The highest BCUT2D eigenvalue weighted by atomic mass is 15.3. The third-order valence-electron chi connectivity index (χ3n) is 2.42. The van der Waals surface area contributed by atoms with Crippen LogP contribution in [0.3, 0.4) is 0 Å². The van der Waals surface area contributed by atoms with Crippen LogP contribution in [-0.2, 0) is 0 Å². The number of anilines is 1. The minimum atomic E-state index is 0.921. The predicted molar refractivity (Wildman–Crippen MR) is 49.8 cm³/mol. The molecule has 13 heavy (non-hydrogen) atoms. The summed E-state index contributed by atoms with van der Waals surface area (Å²) in [6.07, 6.45) is 5.00. The van der Waals surface area contributed by atoms with E-state index in [2.05, 4.69) is 15.0 Å². The third kappa shape index (κ3) is 0.983. The molecule has 2 aromatic rings. The van der Waals surface area contributed by atoms with Crippen LogP contribution < -0.4 is 4.90 Å². The zero-order chi connectivity index (χ0) is 8.67. The van der Waals surface area contributed by atoms with Crippen LogP contribution in [0.25, 0.3) is 5.65 Å². The van der Waals surface area contributed by atoms with Gasteiger partial charge in [-0.2, -0.15) is 5.10 Å². The molecule has 0 spiro atoms. The van der Waals surface area contributed by atoms with Gasteiger partial charge in [-0.05, 0) is 12.5 Å². The first kappa shape index (κ1) is 6.88. The van der Waals surface area contributed by atoms with E-state index >= 15 is 0 Å². The van der Waals surface area contributed by atoms with E-state index in [1.54, 1.807) is 10.7 Å². The van der Waals surface area contributed by atoms with Crippen molar-refractivity contribution in [2.45, 2.75) is 6.42 Å². The van der Waals surface area contributed by atoms with Gasteiger partial charge in [0.15, 0.2) is 5.65 Å². The Morgan fingerprint density at radius 3 is 2.92 bits per heavy atom. The minimum absolute atomic E-state index is 0.921. The summed E-state index contributed by atoms with van der Waals surface area (Å²) in [5.74, 6) is 1.07. The molecule has 3 rings (SSSR count). The highest BCUT2D eigenvalue weighted by molar-refractivity contribution is 5.48. The van der Waals surface area contributed by atoms with Crippen molar-refractivity contribution < 1.29 is 0 Å². The van der Waals surface area contributed by atoms with Crippen molar-refractivity contribution in [3.05, 3.63) is 24.5 Å². The summed E-state index contributed by atoms with van der Waals surface area (Å²) in [6.45, 7) is 2.27. The van der Waals surface area contributed by atoms with Gasteiger partial charge in [0, 0.05) is 25.4 Å². The van der Waals surface area contributed by atoms with E-state index in [4.69, 9.17) is 0 Å². The standard InChI is InChI=1S/C9H10N4/c1-5-12(6-1)8-3-7-13-9(11-8)2-4-10-13/h2-4,7H,1,5-6H2. The zero-order valence-corrected chi connectivity index (χ0v) is 7.22. The summed E-state index contributed by atoms with van der Waals surface area (Å²) in [7, 11) is 0. The summed E-state index contributed by atoms with van der Waals surface area (Å²) >= 11 is 0. The van der Waals surface area contributed by atoms with E-state index in [9.17, 15) is 0 Å². The number of aromatic nitrogens is 3. The summed E-state index contributed by atoms with van der Waals surface area (Å²) in [4.78, 5) is 6.75. The SMILES string of the molecule is c1cc2nc(N3CCC3)ccn2n1. The maximum Gasteiger partial charge on any atom is 0.157 e. The van der Waals surface area contributed by atoms with Crippen LogP contribution in [0.4, 0.5) is 5.82 Å². The van der Waals surface area contributed by atoms with Gasteiger partial charge in [0.1, 0.15) is 5.82 Å². The van der Waals surface area contributed by atoms with Crippen LogP contribution in [-0.4, -0.2) is 27.7 Å². The second kappa shape index (κ2) is 2.45. The average Bonchev–Trinajstić information content (AvgIpc) is 2.47. The van der Waals surface area contributed by atoms with Gasteiger partial charge in [-0.25, -0.2) is 9.50 Å². The Bertz CT molecular complexity index is 430. The van der Waals surface area contributed by atoms with Crippen LogP contribution in [0.2, 0.25) is 0 Å². The largest absolute Gasteiger partial charge is 0.356 e. The van der Waals surface area contributed by atoms with Crippen LogP contribution in [0.5, 0.6) is 0 Å². The Kier molecular flexibility index (Phi) is 1.30. The monoisotopic (exact) mass is 174 g/mol. The number of nitrogens with zero attached hydrogens (tertiary/aromatic N) is 4. The van der Waals surface area contributed by atoms with E-state index in [-0.39, 0.29) is 0 Å². The van der Waals surface area contributed by atoms with Gasteiger partial charge < -0.3 is 4.90 Å². The van der Waals surface area contributed by atoms with Crippen molar-refractivity contribution in [2.75, 3.05) is 18.0 Å². The third-order valence-corrected chi connectivity index (χ3v) is 2.42. The van der Waals surface area contributed by atoms with E-state index in [1.807, 2.05) is 18.3 Å². The zero-order valence-electron chi connectivity index (χ0n) is 7.22. The first-order valence-corrected chi connectivity index (χ1v) is 4.49. The molecule has 2 aromatic heterocycles. The molecule has 1 aliphatic heterocycles. The van der Waals surface area contributed by atoms with Gasteiger partial charge in [0.05, 0.1) is 6.20 Å². The first-order valence-electron chi connectivity index (χ1n) is 4.49. The molecule has 0 saturated carbocycles. The Morgan fingerprint density at radius 2 is 2.15 bits per heavy atom. The molecule has 0 bridgehead atoms. The molecule has 3 heterocycles. The minimum Gasteiger partial charge on any atom is -0.356 e. The molecule has 0 aromatic carbocycles. The van der Waals surface area contributed by atoms with Crippen molar-refractivity contribution in [3.63, 3.8) is 0 Å². The van der Waals surface area contributed by atoms with Gasteiger partial charge in [0.25, 0.3) is 0 Å². The van der Waals surface area contributed by atoms with Crippen molar-refractivity contribution >= 4 is 11.5 Å². The lowest BCUT2D eigenvalue weighted by Gasteiger charge is -2.31. The molecule has 66 valence electrons. The normalized spacial score (nSPS) is 16.2. The lowest BCUT2D eigenvalue weighted by molar-refractivity contribution is 0.609. The number of hydrogen-bond acceptors (Lipinski definition) is 3. The van der Waals surface area contributed by atoms with E-state index < -0.39 is 0 Å². The van der Waals surface area contributed by atoms with Gasteiger partial charge in [-0.1, -0.05) is 0 Å². The predicted octanol–water partition coefficient (Wildman–Crippen LogP) is 0.939. The summed E-state index contributed by atoms with van der Waals surface area (Å²) in [5, 5.41) is 4.10. The lowest BCUT2D eigenvalue weighted by Crippen LogP contribution is -2.37.